The van der Waals surface area contributed by atoms with Gasteiger partial charge in [0.15, 0.2) is 0 Å². The van der Waals surface area contributed by atoms with E-state index in [0.29, 0.717) is 22.6 Å². The molecule has 3 N–H and O–H groups in total. The normalized spacial score (nSPS) is 10.7. The Morgan fingerprint density at radius 2 is 1.46 bits per heavy atom. The van der Waals surface area contributed by atoms with Crippen LogP contribution in [0.25, 0.3) is 6.08 Å². The first-order valence-electron chi connectivity index (χ1n) is 8.24. The number of ether oxygens (including phenoxy) is 2. The minimum Gasteiger partial charge on any atom is -0.497 e. The summed E-state index contributed by atoms with van der Waals surface area (Å²) >= 11 is 0. The maximum Gasteiger partial charge on any atom is 0.322 e. The number of hydrogen-bond donors (Lipinski definition) is 3. The van der Waals surface area contributed by atoms with E-state index in [0.717, 1.165) is 0 Å². The number of nitrogens with one attached hydrogen (secondary N) is 2. The largest absolute Gasteiger partial charge is 0.497 e. The van der Waals surface area contributed by atoms with Gasteiger partial charge < -0.3 is 25.2 Å². The molecule has 0 spiro atoms. The number of methoxy groups -OCH3 is 2. The second-order valence-electron chi connectivity index (χ2n) is 5.59. The smallest absolute Gasteiger partial charge is 0.322 e. The van der Waals surface area contributed by atoms with Crippen LogP contribution in [0.5, 0.6) is 11.5 Å². The predicted octanol–water partition coefficient (Wildman–Crippen LogP) is 1.68. The van der Waals surface area contributed by atoms with Gasteiger partial charge in [-0.3, -0.25) is 14.4 Å². The van der Waals surface area contributed by atoms with Crippen molar-refractivity contribution < 1.29 is 29.0 Å². The zero-order chi connectivity index (χ0) is 20.5. The molecule has 0 unspecified atom stereocenters. The van der Waals surface area contributed by atoms with Gasteiger partial charge in [-0.05, 0) is 48.0 Å². The van der Waals surface area contributed by atoms with E-state index in [2.05, 4.69) is 10.6 Å². The molecule has 0 aromatic heterocycles. The van der Waals surface area contributed by atoms with Crippen LogP contribution in [0.3, 0.4) is 0 Å². The van der Waals surface area contributed by atoms with Crippen LogP contribution in [0.15, 0.2) is 54.2 Å². The Kier molecular flexibility index (Phi) is 7.15. The average molecular weight is 384 g/mol. The number of rotatable bonds is 8. The number of carbonyl (C=O) groups is 3. The lowest BCUT2D eigenvalue weighted by atomic mass is 10.1. The van der Waals surface area contributed by atoms with Crippen molar-refractivity contribution in [3.63, 3.8) is 0 Å². The lowest BCUT2D eigenvalue weighted by Crippen LogP contribution is -2.37. The van der Waals surface area contributed by atoms with E-state index in [1.807, 2.05) is 0 Å². The molecule has 0 fully saturated rings. The number of carbonyl (C=O) groups excluding carboxylic acids is 2. The topological polar surface area (TPSA) is 114 Å². The molecule has 8 heteroatoms. The number of hydrogen-bond acceptors (Lipinski definition) is 5. The summed E-state index contributed by atoms with van der Waals surface area (Å²) in [4.78, 5) is 35.5. The molecule has 2 aromatic rings. The fourth-order valence-electron chi connectivity index (χ4n) is 2.21. The van der Waals surface area contributed by atoms with E-state index >= 15 is 0 Å². The Morgan fingerprint density at radius 1 is 0.929 bits per heavy atom. The zero-order valence-corrected chi connectivity index (χ0v) is 15.4. The summed E-state index contributed by atoms with van der Waals surface area (Å²) < 4.78 is 10.1. The minimum absolute atomic E-state index is 0.0905. The Morgan fingerprint density at radius 3 is 1.96 bits per heavy atom. The fourth-order valence-corrected chi connectivity index (χ4v) is 2.21. The van der Waals surface area contributed by atoms with Crippen molar-refractivity contribution >= 4 is 23.9 Å². The van der Waals surface area contributed by atoms with Crippen molar-refractivity contribution in [2.24, 2.45) is 0 Å². The first-order chi connectivity index (χ1) is 13.4. The summed E-state index contributed by atoms with van der Waals surface area (Å²) in [5.74, 6) is -1.22. The first-order valence-corrected chi connectivity index (χ1v) is 8.24. The Balaban J connectivity index is 2.25. The van der Waals surface area contributed by atoms with Gasteiger partial charge >= 0.3 is 5.97 Å². The van der Waals surface area contributed by atoms with Gasteiger partial charge in [-0.1, -0.05) is 12.1 Å². The number of carboxylic acids is 1. The lowest BCUT2D eigenvalue weighted by molar-refractivity contribution is -0.137. The maximum atomic E-state index is 12.5. The molecule has 2 aromatic carbocycles. The van der Waals surface area contributed by atoms with E-state index in [1.165, 1.54) is 20.3 Å². The molecule has 146 valence electrons. The number of benzene rings is 2. The van der Waals surface area contributed by atoms with E-state index in [-0.39, 0.29) is 5.70 Å². The van der Waals surface area contributed by atoms with Crippen LogP contribution in [-0.2, 0) is 9.59 Å². The third-order valence-electron chi connectivity index (χ3n) is 3.67. The van der Waals surface area contributed by atoms with Crippen molar-refractivity contribution in [1.82, 2.24) is 10.6 Å². The van der Waals surface area contributed by atoms with Crippen molar-refractivity contribution in [3.8, 4) is 11.5 Å². The summed E-state index contributed by atoms with van der Waals surface area (Å²) in [6.07, 6.45) is 1.44. The van der Waals surface area contributed by atoms with Crippen LogP contribution in [0.4, 0.5) is 0 Å². The zero-order valence-electron chi connectivity index (χ0n) is 15.4. The molecule has 2 amide bonds. The van der Waals surface area contributed by atoms with Gasteiger partial charge in [0.25, 0.3) is 11.8 Å². The minimum atomic E-state index is -1.20. The number of aliphatic carboxylic acids is 1. The molecule has 0 radical (unpaired) electrons. The van der Waals surface area contributed by atoms with Gasteiger partial charge in [0.2, 0.25) is 0 Å². The second-order valence-corrected chi connectivity index (χ2v) is 5.59. The first kappa shape index (κ1) is 20.5. The monoisotopic (exact) mass is 384 g/mol. The Labute approximate surface area is 161 Å². The number of amides is 2. The van der Waals surface area contributed by atoms with Crippen molar-refractivity contribution in [2.75, 3.05) is 20.8 Å². The highest BCUT2D eigenvalue weighted by Gasteiger charge is 2.15. The molecular weight excluding hydrogens is 364 g/mol. The Hall–Kier alpha value is -3.81. The lowest BCUT2D eigenvalue weighted by Gasteiger charge is -2.11. The molecule has 0 aliphatic carbocycles. The Bertz CT molecular complexity index is 873. The van der Waals surface area contributed by atoms with Crippen molar-refractivity contribution in [2.45, 2.75) is 0 Å². The van der Waals surface area contributed by atoms with Gasteiger partial charge in [-0.25, -0.2) is 0 Å². The molecule has 0 atom stereocenters. The summed E-state index contributed by atoms with van der Waals surface area (Å²) in [6.45, 7) is -0.572. The van der Waals surface area contributed by atoms with Crippen LogP contribution >= 0.6 is 0 Å². The summed E-state index contributed by atoms with van der Waals surface area (Å²) in [6, 6.07) is 13.1. The van der Waals surface area contributed by atoms with E-state index in [1.54, 1.807) is 48.5 Å². The SMILES string of the molecule is COc1ccc(C=C(NC(=O)c2ccc(OC)cc2)C(=O)NCC(=O)O)cc1. The highest BCUT2D eigenvalue weighted by molar-refractivity contribution is 6.05. The van der Waals surface area contributed by atoms with E-state index < -0.39 is 24.3 Å². The molecular formula is C20H20N2O6. The van der Waals surface area contributed by atoms with Gasteiger partial charge in [0.1, 0.15) is 23.7 Å². The average Bonchev–Trinajstić information content (AvgIpc) is 2.72. The van der Waals surface area contributed by atoms with Crippen LogP contribution < -0.4 is 20.1 Å². The highest BCUT2D eigenvalue weighted by Crippen LogP contribution is 2.15. The number of carboxylic acid groups (broad SMARTS) is 1. The van der Waals surface area contributed by atoms with E-state index in [9.17, 15) is 14.4 Å². The summed E-state index contributed by atoms with van der Waals surface area (Å²) in [5.41, 5.74) is 0.844. The van der Waals surface area contributed by atoms with Gasteiger partial charge in [-0.15, -0.1) is 0 Å². The van der Waals surface area contributed by atoms with Crippen LogP contribution in [-0.4, -0.2) is 43.7 Å². The maximum absolute atomic E-state index is 12.5. The van der Waals surface area contributed by atoms with Gasteiger partial charge in [0.05, 0.1) is 14.2 Å². The molecule has 2 rings (SSSR count). The summed E-state index contributed by atoms with van der Waals surface area (Å²) in [7, 11) is 3.04. The molecule has 0 heterocycles. The summed E-state index contributed by atoms with van der Waals surface area (Å²) in [5, 5.41) is 13.5. The molecule has 0 bridgehead atoms. The van der Waals surface area contributed by atoms with Crippen LogP contribution in [0.2, 0.25) is 0 Å². The van der Waals surface area contributed by atoms with Gasteiger partial charge in [-0.2, -0.15) is 0 Å². The van der Waals surface area contributed by atoms with Crippen LogP contribution in [0, 0.1) is 0 Å². The second kappa shape index (κ2) is 9.77. The van der Waals surface area contributed by atoms with E-state index in [4.69, 9.17) is 14.6 Å². The standard InChI is InChI=1S/C20H20N2O6/c1-27-15-7-3-13(4-8-15)11-17(20(26)21-12-18(23)24)22-19(25)14-5-9-16(28-2)10-6-14/h3-11H,12H2,1-2H3,(H,21,26)(H,22,25)(H,23,24). The molecule has 0 aliphatic rings. The predicted molar refractivity (Wildman–Crippen MR) is 102 cm³/mol. The quantitative estimate of drug-likeness (QED) is 0.597. The van der Waals surface area contributed by atoms with Crippen molar-refractivity contribution in [1.29, 1.82) is 0 Å². The molecule has 0 saturated carbocycles. The van der Waals surface area contributed by atoms with Crippen molar-refractivity contribution in [3.05, 3.63) is 65.4 Å². The third-order valence-corrected chi connectivity index (χ3v) is 3.67. The van der Waals surface area contributed by atoms with Crippen LogP contribution in [0.1, 0.15) is 15.9 Å². The fraction of sp³-hybridized carbons (Fsp3) is 0.150. The molecule has 28 heavy (non-hydrogen) atoms. The molecule has 0 aliphatic heterocycles. The van der Waals surface area contributed by atoms with Gasteiger partial charge in [0, 0.05) is 5.56 Å². The highest BCUT2D eigenvalue weighted by atomic mass is 16.5. The third kappa shape index (κ3) is 5.87. The molecule has 8 nitrogen and oxygen atoms in total. The molecule has 0 saturated heterocycles.